The SMILES string of the molecule is CCN(CC)C(=O)[C@H](OC(=O)/C=C/c1ccc(Br)o1)c1ccccc1. The summed E-state index contributed by atoms with van der Waals surface area (Å²) in [7, 11) is 0. The summed E-state index contributed by atoms with van der Waals surface area (Å²) in [6, 6.07) is 12.4. The molecule has 1 atom stereocenters. The van der Waals surface area contributed by atoms with Crippen molar-refractivity contribution in [2.45, 2.75) is 20.0 Å². The van der Waals surface area contributed by atoms with Gasteiger partial charge in [0.05, 0.1) is 0 Å². The van der Waals surface area contributed by atoms with Gasteiger partial charge in [0.25, 0.3) is 5.91 Å². The van der Waals surface area contributed by atoms with Crippen LogP contribution in [-0.4, -0.2) is 29.9 Å². The molecule has 0 fully saturated rings. The van der Waals surface area contributed by atoms with Crippen LogP contribution in [0.25, 0.3) is 6.08 Å². The van der Waals surface area contributed by atoms with Crippen LogP contribution in [-0.2, 0) is 14.3 Å². The zero-order chi connectivity index (χ0) is 18.2. The number of nitrogens with zero attached hydrogens (tertiary/aromatic N) is 1. The Morgan fingerprint density at radius 1 is 1.16 bits per heavy atom. The summed E-state index contributed by atoms with van der Waals surface area (Å²) in [5.41, 5.74) is 0.641. The van der Waals surface area contributed by atoms with Crippen LogP contribution in [0.5, 0.6) is 0 Å². The highest BCUT2D eigenvalue weighted by atomic mass is 79.9. The number of carbonyl (C=O) groups is 2. The minimum Gasteiger partial charge on any atom is -0.450 e. The molecule has 2 rings (SSSR count). The molecule has 0 radical (unpaired) electrons. The van der Waals surface area contributed by atoms with E-state index in [1.807, 2.05) is 32.0 Å². The van der Waals surface area contributed by atoms with E-state index in [1.54, 1.807) is 29.2 Å². The van der Waals surface area contributed by atoms with Gasteiger partial charge >= 0.3 is 5.97 Å². The summed E-state index contributed by atoms with van der Waals surface area (Å²) in [6.45, 7) is 4.87. The second-order valence-corrected chi connectivity index (χ2v) is 5.99. The number of rotatable bonds is 7. The zero-order valence-corrected chi connectivity index (χ0v) is 15.7. The summed E-state index contributed by atoms with van der Waals surface area (Å²) >= 11 is 3.19. The number of carbonyl (C=O) groups excluding carboxylic acids is 2. The van der Waals surface area contributed by atoms with Gasteiger partial charge in [0, 0.05) is 24.7 Å². The van der Waals surface area contributed by atoms with Gasteiger partial charge < -0.3 is 14.1 Å². The number of benzene rings is 1. The number of hydrogen-bond acceptors (Lipinski definition) is 4. The summed E-state index contributed by atoms with van der Waals surface area (Å²) in [5.74, 6) is -0.337. The quantitative estimate of drug-likeness (QED) is 0.511. The van der Waals surface area contributed by atoms with Gasteiger partial charge in [0.1, 0.15) is 5.76 Å². The van der Waals surface area contributed by atoms with Crippen LogP contribution in [0, 0.1) is 0 Å². The van der Waals surface area contributed by atoms with Gasteiger partial charge in [0.2, 0.25) is 6.10 Å². The Bertz CT molecular complexity index is 735. The molecule has 0 aliphatic heterocycles. The number of esters is 1. The van der Waals surface area contributed by atoms with E-state index in [9.17, 15) is 9.59 Å². The van der Waals surface area contributed by atoms with E-state index in [0.717, 1.165) is 0 Å². The highest BCUT2D eigenvalue weighted by molar-refractivity contribution is 9.10. The Balaban J connectivity index is 2.16. The lowest BCUT2D eigenvalue weighted by atomic mass is 10.1. The van der Waals surface area contributed by atoms with Gasteiger partial charge in [-0.15, -0.1) is 0 Å². The number of likely N-dealkylation sites (N-methyl/N-ethyl adjacent to an activating group) is 1. The Morgan fingerprint density at radius 2 is 1.84 bits per heavy atom. The summed E-state index contributed by atoms with van der Waals surface area (Å²) < 4.78 is 11.3. The molecule has 1 aromatic carbocycles. The van der Waals surface area contributed by atoms with E-state index in [2.05, 4.69) is 15.9 Å². The monoisotopic (exact) mass is 405 g/mol. The predicted octanol–water partition coefficient (Wildman–Crippen LogP) is 4.21. The third kappa shape index (κ3) is 5.32. The Morgan fingerprint density at radius 3 is 2.40 bits per heavy atom. The predicted molar refractivity (Wildman–Crippen MR) is 98.6 cm³/mol. The largest absolute Gasteiger partial charge is 0.450 e. The summed E-state index contributed by atoms with van der Waals surface area (Å²) in [4.78, 5) is 26.5. The van der Waals surface area contributed by atoms with E-state index in [1.165, 1.54) is 12.2 Å². The molecule has 0 spiro atoms. The van der Waals surface area contributed by atoms with Gasteiger partial charge in [-0.05, 0) is 48.0 Å². The first kappa shape index (κ1) is 19.0. The lowest BCUT2D eigenvalue weighted by Crippen LogP contribution is -2.36. The molecule has 1 amide bonds. The molecule has 0 saturated carbocycles. The van der Waals surface area contributed by atoms with Crippen molar-refractivity contribution in [1.82, 2.24) is 4.90 Å². The van der Waals surface area contributed by atoms with Crippen molar-refractivity contribution in [3.05, 3.63) is 64.5 Å². The van der Waals surface area contributed by atoms with Crippen molar-refractivity contribution in [3.8, 4) is 0 Å². The van der Waals surface area contributed by atoms with Crippen molar-refractivity contribution >= 4 is 33.9 Å². The van der Waals surface area contributed by atoms with Crippen LogP contribution in [0.4, 0.5) is 0 Å². The molecule has 132 valence electrons. The first-order chi connectivity index (χ1) is 12.0. The minimum absolute atomic E-state index is 0.237. The average molecular weight is 406 g/mol. The molecule has 5 nitrogen and oxygen atoms in total. The van der Waals surface area contributed by atoms with Gasteiger partial charge in [-0.25, -0.2) is 4.79 Å². The lowest BCUT2D eigenvalue weighted by molar-refractivity contribution is -0.157. The van der Waals surface area contributed by atoms with E-state index in [0.29, 0.717) is 29.1 Å². The van der Waals surface area contributed by atoms with E-state index < -0.39 is 12.1 Å². The Labute approximate surface area is 155 Å². The number of furan rings is 1. The van der Waals surface area contributed by atoms with Gasteiger partial charge in [0.15, 0.2) is 4.67 Å². The highest BCUT2D eigenvalue weighted by Crippen LogP contribution is 2.21. The van der Waals surface area contributed by atoms with E-state index >= 15 is 0 Å². The van der Waals surface area contributed by atoms with Gasteiger partial charge in [-0.3, -0.25) is 4.79 Å². The van der Waals surface area contributed by atoms with Crippen LogP contribution in [0.2, 0.25) is 0 Å². The first-order valence-corrected chi connectivity index (χ1v) is 8.82. The van der Waals surface area contributed by atoms with Crippen LogP contribution in [0.3, 0.4) is 0 Å². The molecule has 1 aromatic heterocycles. The molecular formula is C19H20BrNO4. The molecule has 1 heterocycles. The molecule has 0 bridgehead atoms. The van der Waals surface area contributed by atoms with Gasteiger partial charge in [-0.2, -0.15) is 0 Å². The molecule has 0 aliphatic rings. The maximum Gasteiger partial charge on any atom is 0.332 e. The number of amides is 1. The van der Waals surface area contributed by atoms with Gasteiger partial charge in [-0.1, -0.05) is 30.3 Å². The average Bonchev–Trinajstić information content (AvgIpc) is 3.05. The summed E-state index contributed by atoms with van der Waals surface area (Å²) in [5, 5.41) is 0. The lowest BCUT2D eigenvalue weighted by Gasteiger charge is -2.25. The molecule has 0 N–H and O–H groups in total. The molecule has 6 heteroatoms. The maximum atomic E-state index is 12.7. The van der Waals surface area contributed by atoms with Crippen LogP contribution in [0.15, 0.2) is 57.6 Å². The Hall–Kier alpha value is -2.34. The third-order valence-electron chi connectivity index (χ3n) is 3.61. The molecule has 0 saturated heterocycles. The van der Waals surface area contributed by atoms with Crippen molar-refractivity contribution < 1.29 is 18.7 Å². The number of halogens is 1. The van der Waals surface area contributed by atoms with Crippen molar-refractivity contribution in [1.29, 1.82) is 0 Å². The zero-order valence-electron chi connectivity index (χ0n) is 14.1. The molecular weight excluding hydrogens is 386 g/mol. The summed E-state index contributed by atoms with van der Waals surface area (Å²) in [6.07, 6.45) is 1.77. The van der Waals surface area contributed by atoms with Crippen LogP contribution >= 0.6 is 15.9 Å². The second-order valence-electron chi connectivity index (χ2n) is 5.21. The standard InChI is InChI=1S/C19H20BrNO4/c1-3-21(4-2)19(23)18(14-8-6-5-7-9-14)25-17(22)13-11-15-10-12-16(20)24-15/h5-13,18H,3-4H2,1-2H3/b13-11+/t18-/m1/s1. The van der Waals surface area contributed by atoms with E-state index in [-0.39, 0.29) is 5.91 Å². The normalized spacial score (nSPS) is 12.1. The fourth-order valence-electron chi connectivity index (χ4n) is 2.31. The Kier molecular flexibility index (Phi) is 7.01. The smallest absolute Gasteiger partial charge is 0.332 e. The second kappa shape index (κ2) is 9.22. The first-order valence-electron chi connectivity index (χ1n) is 8.02. The van der Waals surface area contributed by atoms with E-state index in [4.69, 9.17) is 9.15 Å². The topological polar surface area (TPSA) is 59.8 Å². The van der Waals surface area contributed by atoms with Crippen molar-refractivity contribution in [3.63, 3.8) is 0 Å². The molecule has 0 aliphatic carbocycles. The molecule has 0 unspecified atom stereocenters. The van der Waals surface area contributed by atoms with Crippen LogP contribution in [0.1, 0.15) is 31.3 Å². The van der Waals surface area contributed by atoms with Crippen molar-refractivity contribution in [2.75, 3.05) is 13.1 Å². The highest BCUT2D eigenvalue weighted by Gasteiger charge is 2.27. The molecule has 25 heavy (non-hydrogen) atoms. The fourth-order valence-corrected chi connectivity index (χ4v) is 2.63. The maximum absolute atomic E-state index is 12.7. The third-order valence-corrected chi connectivity index (χ3v) is 4.04. The molecule has 2 aromatic rings. The minimum atomic E-state index is -0.971. The fraction of sp³-hybridized carbons (Fsp3) is 0.263. The van der Waals surface area contributed by atoms with Crippen molar-refractivity contribution in [2.24, 2.45) is 0 Å². The number of hydrogen-bond donors (Lipinski definition) is 0. The van der Waals surface area contributed by atoms with Crippen LogP contribution < -0.4 is 0 Å². The number of ether oxygens (including phenoxy) is 1.